The SMILES string of the molecule is C[C@@H]1CC(=O)Nc2cc(S(=O)(=O)CCC(=O)Nc3ccc(F)c(Cl)c3)ccc2S1. The highest BCUT2D eigenvalue weighted by atomic mass is 35.5. The summed E-state index contributed by atoms with van der Waals surface area (Å²) in [5.74, 6) is -1.74. The summed E-state index contributed by atoms with van der Waals surface area (Å²) in [7, 11) is -3.75. The van der Waals surface area contributed by atoms with Crippen molar-refractivity contribution >= 4 is 56.4 Å². The quantitative estimate of drug-likeness (QED) is 0.706. The van der Waals surface area contributed by atoms with Crippen molar-refractivity contribution in [3.63, 3.8) is 0 Å². The standard InChI is InChI=1S/C19H18ClFN2O4S2/c1-11-8-19(25)23-16-10-13(3-5-17(16)28-11)29(26,27)7-6-18(24)22-12-2-4-15(21)14(20)9-12/h2-5,9-11H,6-8H2,1H3,(H,22,24)(H,23,25)/t11-/m1/s1. The summed E-state index contributed by atoms with van der Waals surface area (Å²) in [5, 5.41) is 5.16. The summed E-state index contributed by atoms with van der Waals surface area (Å²) < 4.78 is 38.4. The maximum Gasteiger partial charge on any atom is 0.225 e. The lowest BCUT2D eigenvalue weighted by molar-refractivity contribution is -0.116. The lowest BCUT2D eigenvalue weighted by Crippen LogP contribution is -2.18. The first-order valence-corrected chi connectivity index (χ1v) is 11.6. The molecule has 2 aromatic carbocycles. The molecule has 2 amide bonds. The number of carbonyl (C=O) groups excluding carboxylic acids is 2. The number of carbonyl (C=O) groups is 2. The van der Waals surface area contributed by atoms with E-state index in [0.717, 1.165) is 11.0 Å². The van der Waals surface area contributed by atoms with Crippen molar-refractivity contribution in [2.45, 2.75) is 34.8 Å². The average molecular weight is 457 g/mol. The van der Waals surface area contributed by atoms with Crippen LogP contribution in [-0.4, -0.2) is 31.2 Å². The van der Waals surface area contributed by atoms with Crippen LogP contribution in [0, 0.1) is 5.82 Å². The highest BCUT2D eigenvalue weighted by Gasteiger charge is 2.23. The van der Waals surface area contributed by atoms with Gasteiger partial charge in [0, 0.05) is 28.7 Å². The van der Waals surface area contributed by atoms with Gasteiger partial charge in [-0.05, 0) is 36.4 Å². The molecule has 1 aliphatic rings. The molecule has 0 aromatic heterocycles. The zero-order valence-electron chi connectivity index (χ0n) is 15.4. The molecule has 10 heteroatoms. The number of thioether (sulfide) groups is 1. The van der Waals surface area contributed by atoms with E-state index in [4.69, 9.17) is 11.6 Å². The third kappa shape index (κ3) is 5.49. The summed E-state index contributed by atoms with van der Waals surface area (Å²) >= 11 is 7.16. The van der Waals surface area contributed by atoms with E-state index in [0.29, 0.717) is 12.1 Å². The molecule has 1 atom stereocenters. The van der Waals surface area contributed by atoms with Crippen LogP contribution in [0.2, 0.25) is 5.02 Å². The van der Waals surface area contributed by atoms with Gasteiger partial charge in [-0.15, -0.1) is 11.8 Å². The van der Waals surface area contributed by atoms with E-state index in [-0.39, 0.29) is 33.2 Å². The molecule has 2 N–H and O–H groups in total. The Morgan fingerprint density at radius 1 is 1.31 bits per heavy atom. The van der Waals surface area contributed by atoms with Crippen LogP contribution in [0.4, 0.5) is 15.8 Å². The van der Waals surface area contributed by atoms with Crippen LogP contribution in [0.25, 0.3) is 0 Å². The largest absolute Gasteiger partial charge is 0.326 e. The highest BCUT2D eigenvalue weighted by Crippen LogP contribution is 2.36. The van der Waals surface area contributed by atoms with Crippen LogP contribution in [0.5, 0.6) is 0 Å². The predicted molar refractivity (Wildman–Crippen MR) is 112 cm³/mol. The summed E-state index contributed by atoms with van der Waals surface area (Å²) in [4.78, 5) is 24.8. The Hall–Kier alpha value is -2.10. The van der Waals surface area contributed by atoms with Crippen molar-refractivity contribution in [2.24, 2.45) is 0 Å². The van der Waals surface area contributed by atoms with E-state index < -0.39 is 27.3 Å². The first kappa shape index (κ1) is 21.6. The molecule has 0 aliphatic carbocycles. The maximum atomic E-state index is 13.2. The number of rotatable bonds is 5. The highest BCUT2D eigenvalue weighted by molar-refractivity contribution is 8.00. The van der Waals surface area contributed by atoms with E-state index in [1.54, 1.807) is 6.07 Å². The third-order valence-electron chi connectivity index (χ3n) is 4.19. The molecular weight excluding hydrogens is 439 g/mol. The minimum absolute atomic E-state index is 0.0318. The molecule has 0 radical (unpaired) electrons. The Balaban J connectivity index is 1.68. The molecule has 2 aromatic rings. The number of fused-ring (bicyclic) bond motifs is 1. The van der Waals surface area contributed by atoms with Gasteiger partial charge in [-0.2, -0.15) is 0 Å². The van der Waals surface area contributed by atoms with E-state index >= 15 is 0 Å². The van der Waals surface area contributed by atoms with E-state index in [1.807, 2.05) is 6.92 Å². The normalized spacial score (nSPS) is 16.5. The van der Waals surface area contributed by atoms with Gasteiger partial charge in [0.2, 0.25) is 11.8 Å². The number of benzene rings is 2. The molecule has 0 spiro atoms. The zero-order valence-corrected chi connectivity index (χ0v) is 17.8. The van der Waals surface area contributed by atoms with Crippen LogP contribution in [0.15, 0.2) is 46.2 Å². The van der Waals surface area contributed by atoms with Gasteiger partial charge < -0.3 is 10.6 Å². The van der Waals surface area contributed by atoms with Gasteiger partial charge in [-0.1, -0.05) is 18.5 Å². The van der Waals surface area contributed by atoms with Gasteiger partial charge in [0.15, 0.2) is 9.84 Å². The average Bonchev–Trinajstić information content (AvgIpc) is 2.78. The van der Waals surface area contributed by atoms with Gasteiger partial charge in [0.05, 0.1) is 21.4 Å². The number of amides is 2. The number of halogens is 2. The topological polar surface area (TPSA) is 92.3 Å². The molecule has 29 heavy (non-hydrogen) atoms. The van der Waals surface area contributed by atoms with Crippen LogP contribution in [0.1, 0.15) is 19.8 Å². The van der Waals surface area contributed by atoms with Gasteiger partial charge in [-0.25, -0.2) is 12.8 Å². The number of hydrogen-bond acceptors (Lipinski definition) is 5. The fraction of sp³-hybridized carbons (Fsp3) is 0.263. The Bertz CT molecular complexity index is 1080. The number of hydrogen-bond donors (Lipinski definition) is 2. The number of nitrogens with one attached hydrogen (secondary N) is 2. The van der Waals surface area contributed by atoms with E-state index in [1.165, 1.54) is 36.0 Å². The molecule has 0 saturated carbocycles. The molecule has 0 fully saturated rings. The van der Waals surface area contributed by atoms with Crippen LogP contribution < -0.4 is 10.6 Å². The molecule has 3 rings (SSSR count). The molecule has 1 aliphatic heterocycles. The molecule has 1 heterocycles. The fourth-order valence-corrected chi connectivity index (χ4v) is 5.26. The minimum atomic E-state index is -3.75. The molecule has 0 unspecified atom stereocenters. The fourth-order valence-electron chi connectivity index (χ4n) is 2.77. The Morgan fingerprint density at radius 2 is 2.07 bits per heavy atom. The number of sulfone groups is 1. The van der Waals surface area contributed by atoms with E-state index in [9.17, 15) is 22.4 Å². The summed E-state index contributed by atoms with van der Waals surface area (Å²) in [6.45, 7) is 1.93. The summed E-state index contributed by atoms with van der Waals surface area (Å²) in [6, 6.07) is 8.25. The summed E-state index contributed by atoms with van der Waals surface area (Å²) in [6.07, 6.45) is 0.0571. The Kier molecular flexibility index (Phi) is 6.50. The molecular formula is C19H18ClFN2O4S2. The van der Waals surface area contributed by atoms with Crippen molar-refractivity contribution in [1.29, 1.82) is 0 Å². The van der Waals surface area contributed by atoms with Crippen molar-refractivity contribution in [1.82, 2.24) is 0 Å². The van der Waals surface area contributed by atoms with Gasteiger partial charge >= 0.3 is 0 Å². The smallest absolute Gasteiger partial charge is 0.225 e. The first-order valence-electron chi connectivity index (χ1n) is 8.72. The number of anilines is 2. The minimum Gasteiger partial charge on any atom is -0.326 e. The van der Waals surface area contributed by atoms with Crippen LogP contribution in [0.3, 0.4) is 0 Å². The van der Waals surface area contributed by atoms with Crippen LogP contribution in [-0.2, 0) is 19.4 Å². The van der Waals surface area contributed by atoms with E-state index in [2.05, 4.69) is 10.6 Å². The lowest BCUT2D eigenvalue weighted by Gasteiger charge is -2.11. The van der Waals surface area contributed by atoms with Gasteiger partial charge in [-0.3, -0.25) is 9.59 Å². The third-order valence-corrected chi connectivity index (χ3v) is 7.37. The van der Waals surface area contributed by atoms with Crippen molar-refractivity contribution in [3.05, 3.63) is 47.2 Å². The van der Waals surface area contributed by atoms with Crippen molar-refractivity contribution in [2.75, 3.05) is 16.4 Å². The van der Waals surface area contributed by atoms with Crippen molar-refractivity contribution < 1.29 is 22.4 Å². The van der Waals surface area contributed by atoms with Gasteiger partial charge in [0.1, 0.15) is 5.82 Å². The zero-order chi connectivity index (χ0) is 21.2. The Labute approximate surface area is 177 Å². The second kappa shape index (κ2) is 8.73. The van der Waals surface area contributed by atoms with Gasteiger partial charge in [0.25, 0.3) is 0 Å². The second-order valence-corrected chi connectivity index (χ2v) is 10.6. The first-order chi connectivity index (χ1) is 13.6. The predicted octanol–water partition coefficient (Wildman–Crippen LogP) is 4.10. The Morgan fingerprint density at radius 3 is 2.79 bits per heavy atom. The lowest BCUT2D eigenvalue weighted by atomic mass is 10.3. The summed E-state index contributed by atoms with van der Waals surface area (Å²) in [5.41, 5.74) is 0.730. The maximum absolute atomic E-state index is 13.2. The van der Waals surface area contributed by atoms with Crippen molar-refractivity contribution in [3.8, 4) is 0 Å². The van der Waals surface area contributed by atoms with Crippen LogP contribution >= 0.6 is 23.4 Å². The molecule has 6 nitrogen and oxygen atoms in total. The monoisotopic (exact) mass is 456 g/mol. The molecule has 154 valence electrons. The molecule has 0 saturated heterocycles. The second-order valence-electron chi connectivity index (χ2n) is 6.58. The molecule has 0 bridgehead atoms.